The lowest BCUT2D eigenvalue weighted by Crippen LogP contribution is -2.41. The number of amides is 1. The smallest absolute Gasteiger partial charge is 0.387 e. The Labute approximate surface area is 212 Å². The Morgan fingerprint density at radius 1 is 1.05 bits per heavy atom. The summed E-state index contributed by atoms with van der Waals surface area (Å²) in [6.45, 7) is 1.65. The molecule has 0 radical (unpaired) electrons. The topological polar surface area (TPSA) is 80.7 Å². The Hall–Kier alpha value is -4.02. The lowest BCUT2D eigenvalue weighted by molar-refractivity contribution is -0.0493. The van der Waals surface area contributed by atoms with Crippen molar-refractivity contribution in [2.45, 2.75) is 6.61 Å². The number of nitrogens with one attached hydrogen (secondary N) is 2. The highest BCUT2D eigenvalue weighted by atomic mass is 19.3. The summed E-state index contributed by atoms with van der Waals surface area (Å²) in [5, 5.41) is 11.5. The average molecular weight is 508 g/mol. The summed E-state index contributed by atoms with van der Waals surface area (Å²) < 4.78 is 37.2. The molecule has 37 heavy (non-hydrogen) atoms. The molecule has 8 nitrogen and oxygen atoms in total. The van der Waals surface area contributed by atoms with E-state index in [2.05, 4.69) is 25.4 Å². The van der Waals surface area contributed by atoms with Crippen LogP contribution in [0, 0.1) is 0 Å². The molecule has 0 atom stereocenters. The molecule has 0 bridgehead atoms. The van der Waals surface area contributed by atoms with Crippen LogP contribution in [0.15, 0.2) is 72.9 Å². The Morgan fingerprint density at radius 3 is 2.73 bits per heavy atom. The van der Waals surface area contributed by atoms with Crippen molar-refractivity contribution in [2.24, 2.45) is 0 Å². The number of carbonyl (C=O) groups excluding carboxylic acids is 1. The number of hydrogen-bond donors (Lipinski definition) is 2. The maximum absolute atomic E-state index is 12.7. The molecule has 4 aromatic rings. The van der Waals surface area contributed by atoms with Gasteiger partial charge < -0.3 is 20.1 Å². The van der Waals surface area contributed by atoms with Crippen LogP contribution in [-0.4, -0.2) is 66.6 Å². The number of anilines is 2. The number of morpholine rings is 1. The van der Waals surface area contributed by atoms with Crippen LogP contribution in [0.3, 0.4) is 0 Å². The fraction of sp³-hybridized carbons (Fsp3) is 0.259. The van der Waals surface area contributed by atoms with Gasteiger partial charge in [-0.25, -0.2) is 4.68 Å². The van der Waals surface area contributed by atoms with E-state index in [-0.39, 0.29) is 11.7 Å². The van der Waals surface area contributed by atoms with E-state index in [1.165, 1.54) is 6.07 Å². The highest BCUT2D eigenvalue weighted by molar-refractivity contribution is 5.95. The number of para-hydroxylation sites is 2. The van der Waals surface area contributed by atoms with Crippen molar-refractivity contribution in [3.63, 3.8) is 0 Å². The molecule has 1 aliphatic rings. The summed E-state index contributed by atoms with van der Waals surface area (Å²) in [6.07, 6.45) is 1.72. The maximum atomic E-state index is 12.7. The van der Waals surface area contributed by atoms with Crippen molar-refractivity contribution in [1.29, 1.82) is 0 Å². The van der Waals surface area contributed by atoms with Crippen LogP contribution in [0.25, 0.3) is 16.6 Å². The van der Waals surface area contributed by atoms with Gasteiger partial charge in [0.25, 0.3) is 5.91 Å². The molecule has 1 amide bonds. The Morgan fingerprint density at radius 2 is 1.89 bits per heavy atom. The van der Waals surface area contributed by atoms with Gasteiger partial charge in [-0.05, 0) is 48.5 Å². The lowest BCUT2D eigenvalue weighted by atomic mass is 10.1. The first-order chi connectivity index (χ1) is 18.1. The first-order valence-corrected chi connectivity index (χ1v) is 12.0. The van der Waals surface area contributed by atoms with E-state index >= 15 is 0 Å². The summed E-state index contributed by atoms with van der Waals surface area (Å²) in [7, 11) is 0. The van der Waals surface area contributed by atoms with E-state index in [0.717, 1.165) is 49.4 Å². The first kappa shape index (κ1) is 24.7. The normalized spacial score (nSPS) is 14.1. The lowest BCUT2D eigenvalue weighted by Gasteiger charge is -2.26. The number of aromatic nitrogens is 2. The number of fused-ring (bicyclic) bond motifs is 1. The second kappa shape index (κ2) is 11.4. The highest BCUT2D eigenvalue weighted by Crippen LogP contribution is 2.30. The number of halogens is 2. The molecule has 5 rings (SSSR count). The van der Waals surface area contributed by atoms with Gasteiger partial charge in [0.2, 0.25) is 0 Å². The van der Waals surface area contributed by atoms with Crippen LogP contribution in [0.4, 0.5) is 20.2 Å². The van der Waals surface area contributed by atoms with E-state index in [1.54, 1.807) is 41.2 Å². The fourth-order valence-corrected chi connectivity index (χ4v) is 4.27. The van der Waals surface area contributed by atoms with Crippen LogP contribution in [0.5, 0.6) is 5.75 Å². The van der Waals surface area contributed by atoms with Gasteiger partial charge in [-0.1, -0.05) is 18.2 Å². The Bertz CT molecular complexity index is 1370. The zero-order valence-corrected chi connectivity index (χ0v) is 20.1. The Kier molecular flexibility index (Phi) is 7.57. The van der Waals surface area contributed by atoms with Gasteiger partial charge >= 0.3 is 6.61 Å². The number of nitrogens with zero attached hydrogens (tertiary/aromatic N) is 3. The third kappa shape index (κ3) is 6.04. The van der Waals surface area contributed by atoms with Crippen molar-refractivity contribution >= 4 is 28.2 Å². The molecule has 3 aromatic carbocycles. The molecular formula is C27H27F2N5O3. The number of hydrogen-bond acceptors (Lipinski definition) is 6. The summed E-state index contributed by atoms with van der Waals surface area (Å²) in [5.74, 6) is -0.0731. The van der Waals surface area contributed by atoms with Crippen LogP contribution in [0.1, 0.15) is 10.4 Å². The van der Waals surface area contributed by atoms with Gasteiger partial charge in [0.1, 0.15) is 5.75 Å². The number of ether oxygens (including phenoxy) is 2. The predicted octanol–water partition coefficient (Wildman–Crippen LogP) is 4.43. The van der Waals surface area contributed by atoms with E-state index in [1.807, 2.05) is 30.3 Å². The summed E-state index contributed by atoms with van der Waals surface area (Å²) >= 11 is 0. The standard InChI is InChI=1S/C27H27F2N5O3/c28-27(29)37-25-7-2-1-6-23(25)32-21-8-9-24-20(16-21)18-31-34(24)22-5-3-4-19(17-22)26(35)30-10-11-33-12-14-36-15-13-33/h1-9,16-18,27,32H,10-15H2,(H,30,35). The van der Waals surface area contributed by atoms with E-state index in [0.29, 0.717) is 23.5 Å². The van der Waals surface area contributed by atoms with Gasteiger partial charge in [-0.3, -0.25) is 9.69 Å². The molecule has 1 saturated heterocycles. The fourth-order valence-electron chi connectivity index (χ4n) is 4.27. The largest absolute Gasteiger partial charge is 0.433 e. The highest BCUT2D eigenvalue weighted by Gasteiger charge is 2.13. The zero-order valence-electron chi connectivity index (χ0n) is 20.1. The monoisotopic (exact) mass is 507 g/mol. The number of alkyl halides is 2. The summed E-state index contributed by atoms with van der Waals surface area (Å²) in [4.78, 5) is 15.0. The van der Waals surface area contributed by atoms with Gasteiger partial charge in [0, 0.05) is 42.8 Å². The van der Waals surface area contributed by atoms with Gasteiger partial charge in [-0.2, -0.15) is 13.9 Å². The molecule has 1 aliphatic heterocycles. The molecular weight excluding hydrogens is 480 g/mol. The van der Waals surface area contributed by atoms with Gasteiger partial charge in [0.15, 0.2) is 0 Å². The van der Waals surface area contributed by atoms with Crippen molar-refractivity contribution in [2.75, 3.05) is 44.7 Å². The SMILES string of the molecule is O=C(NCCN1CCOCC1)c1cccc(-n2ncc3cc(Nc4ccccc4OC(F)F)ccc32)c1. The number of rotatable bonds is 9. The summed E-state index contributed by atoms with van der Waals surface area (Å²) in [5.41, 5.74) is 3.28. The summed E-state index contributed by atoms with van der Waals surface area (Å²) in [6, 6.07) is 19.4. The van der Waals surface area contributed by atoms with Gasteiger partial charge in [0.05, 0.1) is 36.3 Å². The van der Waals surface area contributed by atoms with Crippen molar-refractivity contribution < 1.29 is 23.0 Å². The molecule has 192 valence electrons. The molecule has 0 unspecified atom stereocenters. The minimum Gasteiger partial charge on any atom is -0.433 e. The molecule has 10 heteroatoms. The maximum Gasteiger partial charge on any atom is 0.387 e. The van der Waals surface area contributed by atoms with Crippen molar-refractivity contribution in [3.8, 4) is 11.4 Å². The van der Waals surface area contributed by atoms with E-state index in [9.17, 15) is 13.6 Å². The second-order valence-electron chi connectivity index (χ2n) is 8.59. The van der Waals surface area contributed by atoms with Crippen molar-refractivity contribution in [3.05, 3.63) is 78.5 Å². The minimum absolute atomic E-state index is 0.0633. The molecule has 0 saturated carbocycles. The molecule has 1 fully saturated rings. The number of benzene rings is 3. The third-order valence-corrected chi connectivity index (χ3v) is 6.12. The average Bonchev–Trinajstić information content (AvgIpc) is 3.33. The third-order valence-electron chi connectivity index (χ3n) is 6.12. The van der Waals surface area contributed by atoms with Crippen LogP contribution >= 0.6 is 0 Å². The molecule has 2 heterocycles. The van der Waals surface area contributed by atoms with E-state index < -0.39 is 6.61 Å². The molecule has 2 N–H and O–H groups in total. The second-order valence-corrected chi connectivity index (χ2v) is 8.59. The van der Waals surface area contributed by atoms with Gasteiger partial charge in [-0.15, -0.1) is 0 Å². The quantitative estimate of drug-likeness (QED) is 0.349. The predicted molar refractivity (Wildman–Crippen MR) is 137 cm³/mol. The van der Waals surface area contributed by atoms with Crippen LogP contribution in [-0.2, 0) is 4.74 Å². The molecule has 1 aromatic heterocycles. The first-order valence-electron chi connectivity index (χ1n) is 12.0. The molecule has 0 spiro atoms. The number of carbonyl (C=O) groups is 1. The Balaban J connectivity index is 1.29. The minimum atomic E-state index is -2.91. The van der Waals surface area contributed by atoms with Crippen LogP contribution in [0.2, 0.25) is 0 Å². The van der Waals surface area contributed by atoms with E-state index in [4.69, 9.17) is 4.74 Å². The van der Waals surface area contributed by atoms with Crippen molar-refractivity contribution in [1.82, 2.24) is 20.0 Å². The zero-order chi connectivity index (χ0) is 25.6. The van der Waals surface area contributed by atoms with Crippen LogP contribution < -0.4 is 15.4 Å². The molecule has 0 aliphatic carbocycles.